The maximum absolute atomic E-state index is 13.6. The molecule has 1 aliphatic rings. The molecule has 1 atom stereocenters. The number of amides is 1. The second-order valence-corrected chi connectivity index (χ2v) is 9.78. The molecule has 0 spiro atoms. The van der Waals surface area contributed by atoms with Gasteiger partial charge in [0, 0.05) is 17.1 Å². The van der Waals surface area contributed by atoms with E-state index in [-0.39, 0.29) is 5.91 Å². The number of allylic oxidation sites excluding steroid dienone is 1. The molecule has 8 nitrogen and oxygen atoms in total. The minimum Gasteiger partial charge on any atom is -0.493 e. The minimum atomic E-state index is -0.528. The number of thioether (sulfide) groups is 1. The lowest BCUT2D eigenvalue weighted by atomic mass is 9.94. The number of methoxy groups -OCH3 is 1. The third-order valence-electron chi connectivity index (χ3n) is 5.40. The van der Waals surface area contributed by atoms with E-state index in [1.807, 2.05) is 56.3 Å². The SMILES string of the molecule is CCCSc1nc2n(n1)C(c1cc(Br)c(OCC)c(OC)c1)C(C(=O)Nc1ccccc1)=C(C)N2. The zero-order valence-corrected chi connectivity index (χ0v) is 22.5. The molecule has 0 bridgehead atoms. The quantitative estimate of drug-likeness (QED) is 0.317. The van der Waals surface area contributed by atoms with Gasteiger partial charge in [-0.05, 0) is 66.0 Å². The van der Waals surface area contributed by atoms with Gasteiger partial charge in [0.05, 0.1) is 23.8 Å². The van der Waals surface area contributed by atoms with E-state index in [2.05, 4.69) is 38.5 Å². The van der Waals surface area contributed by atoms with Gasteiger partial charge in [0.2, 0.25) is 11.1 Å². The first-order valence-electron chi connectivity index (χ1n) is 11.4. The van der Waals surface area contributed by atoms with Crippen LogP contribution in [0.15, 0.2) is 63.4 Å². The van der Waals surface area contributed by atoms with Gasteiger partial charge in [-0.1, -0.05) is 36.9 Å². The molecule has 1 unspecified atom stereocenters. The molecule has 1 aliphatic heterocycles. The third kappa shape index (κ3) is 5.33. The minimum absolute atomic E-state index is 0.223. The van der Waals surface area contributed by atoms with E-state index in [1.165, 1.54) is 0 Å². The highest BCUT2D eigenvalue weighted by atomic mass is 79.9. The number of carbonyl (C=O) groups excluding carboxylic acids is 1. The largest absolute Gasteiger partial charge is 0.493 e. The van der Waals surface area contributed by atoms with Crippen LogP contribution >= 0.6 is 27.7 Å². The van der Waals surface area contributed by atoms with Crippen molar-refractivity contribution in [3.8, 4) is 11.5 Å². The van der Waals surface area contributed by atoms with Crippen molar-refractivity contribution < 1.29 is 14.3 Å². The maximum atomic E-state index is 13.6. The molecule has 0 fully saturated rings. The zero-order valence-electron chi connectivity index (χ0n) is 20.1. The number of halogens is 1. The van der Waals surface area contributed by atoms with Crippen LogP contribution in [0.25, 0.3) is 0 Å². The summed E-state index contributed by atoms with van der Waals surface area (Å²) in [7, 11) is 1.60. The summed E-state index contributed by atoms with van der Waals surface area (Å²) in [6, 6.07) is 12.7. The monoisotopic (exact) mass is 557 g/mol. The molecule has 0 saturated heterocycles. The van der Waals surface area contributed by atoms with Crippen LogP contribution in [0.4, 0.5) is 11.6 Å². The van der Waals surface area contributed by atoms with Crippen molar-refractivity contribution in [3.63, 3.8) is 0 Å². The molecule has 1 aromatic heterocycles. The third-order valence-corrected chi connectivity index (χ3v) is 7.03. The first-order chi connectivity index (χ1) is 17.0. The highest BCUT2D eigenvalue weighted by molar-refractivity contribution is 9.10. The number of fused-ring (bicyclic) bond motifs is 1. The summed E-state index contributed by atoms with van der Waals surface area (Å²) in [6.45, 7) is 6.41. The van der Waals surface area contributed by atoms with Crippen LogP contribution in [0, 0.1) is 0 Å². The van der Waals surface area contributed by atoms with E-state index in [4.69, 9.17) is 14.6 Å². The van der Waals surface area contributed by atoms with Crippen molar-refractivity contribution >= 4 is 45.2 Å². The summed E-state index contributed by atoms with van der Waals surface area (Å²) in [6.07, 6.45) is 1.01. The lowest BCUT2D eigenvalue weighted by Gasteiger charge is -2.29. The normalized spacial score (nSPS) is 14.8. The summed E-state index contributed by atoms with van der Waals surface area (Å²) in [5.74, 6) is 2.45. The molecule has 0 saturated carbocycles. The average Bonchev–Trinajstić information content (AvgIpc) is 3.25. The Balaban J connectivity index is 1.83. The number of nitrogens with one attached hydrogen (secondary N) is 2. The van der Waals surface area contributed by atoms with Crippen molar-refractivity contribution in [3.05, 3.63) is 63.8 Å². The fourth-order valence-electron chi connectivity index (χ4n) is 3.89. The highest BCUT2D eigenvalue weighted by Crippen LogP contribution is 2.43. The van der Waals surface area contributed by atoms with Gasteiger partial charge >= 0.3 is 0 Å². The Kier molecular flexibility index (Phi) is 8.02. The number of anilines is 2. The molecule has 2 aromatic carbocycles. The number of para-hydroxylation sites is 1. The van der Waals surface area contributed by atoms with E-state index in [0.717, 1.165) is 22.2 Å². The molecular formula is C25H28BrN5O3S. The molecule has 4 rings (SSSR count). The predicted octanol–water partition coefficient (Wildman–Crippen LogP) is 5.88. The second-order valence-electron chi connectivity index (χ2n) is 7.86. The van der Waals surface area contributed by atoms with Gasteiger partial charge < -0.3 is 20.1 Å². The second kappa shape index (κ2) is 11.2. The van der Waals surface area contributed by atoms with E-state index in [9.17, 15) is 4.79 Å². The van der Waals surface area contributed by atoms with Crippen LogP contribution in [-0.4, -0.2) is 40.1 Å². The number of benzene rings is 2. The fraction of sp³-hybridized carbons (Fsp3) is 0.320. The molecule has 35 heavy (non-hydrogen) atoms. The standard InChI is InChI=1S/C25H28BrN5O3S/c1-5-12-35-25-29-24-27-15(3)20(23(32)28-17-10-8-7-9-11-17)21(31(24)30-25)16-13-18(26)22(34-6-2)19(14-16)33-4/h7-11,13-14,21H,5-6,12H2,1-4H3,(H,28,32)(H,27,29,30). The van der Waals surface area contributed by atoms with Gasteiger partial charge in [-0.25, -0.2) is 4.68 Å². The topological polar surface area (TPSA) is 90.3 Å². The van der Waals surface area contributed by atoms with Gasteiger partial charge in [0.25, 0.3) is 5.91 Å². The van der Waals surface area contributed by atoms with Crippen LogP contribution in [0.2, 0.25) is 0 Å². The number of aromatic nitrogens is 3. The summed E-state index contributed by atoms with van der Waals surface area (Å²) in [5.41, 5.74) is 2.77. The molecule has 184 valence electrons. The van der Waals surface area contributed by atoms with Crippen LogP contribution in [0.1, 0.15) is 38.8 Å². The van der Waals surface area contributed by atoms with Crippen LogP contribution in [0.3, 0.4) is 0 Å². The Bertz CT molecular complexity index is 1250. The van der Waals surface area contributed by atoms with Crippen LogP contribution in [-0.2, 0) is 4.79 Å². The van der Waals surface area contributed by atoms with E-state index < -0.39 is 6.04 Å². The van der Waals surface area contributed by atoms with Gasteiger partial charge in [-0.15, -0.1) is 5.10 Å². The first-order valence-corrected chi connectivity index (χ1v) is 13.2. The van der Waals surface area contributed by atoms with Gasteiger partial charge in [0.15, 0.2) is 11.5 Å². The molecule has 0 aliphatic carbocycles. The van der Waals surface area contributed by atoms with Crippen LogP contribution < -0.4 is 20.1 Å². The molecule has 2 N–H and O–H groups in total. The molecule has 1 amide bonds. The summed E-state index contributed by atoms with van der Waals surface area (Å²) in [5, 5.41) is 11.7. The number of ether oxygens (including phenoxy) is 2. The van der Waals surface area contributed by atoms with E-state index in [1.54, 1.807) is 23.6 Å². The van der Waals surface area contributed by atoms with Gasteiger partial charge in [0.1, 0.15) is 6.04 Å². The van der Waals surface area contributed by atoms with E-state index >= 15 is 0 Å². The smallest absolute Gasteiger partial charge is 0.255 e. The van der Waals surface area contributed by atoms with E-state index in [0.29, 0.717) is 46.2 Å². The van der Waals surface area contributed by atoms with Crippen molar-refractivity contribution in [1.82, 2.24) is 14.8 Å². The lowest BCUT2D eigenvalue weighted by Crippen LogP contribution is -2.31. The highest BCUT2D eigenvalue weighted by Gasteiger charge is 2.35. The molecule has 3 aromatic rings. The Labute approximate surface area is 217 Å². The molecular weight excluding hydrogens is 530 g/mol. The number of rotatable bonds is 9. The Morgan fingerprint density at radius 1 is 1.26 bits per heavy atom. The van der Waals surface area contributed by atoms with Gasteiger partial charge in [-0.2, -0.15) is 4.98 Å². The molecule has 2 heterocycles. The Hall–Kier alpha value is -2.98. The van der Waals surface area contributed by atoms with Crippen LogP contribution in [0.5, 0.6) is 11.5 Å². The number of nitrogens with zero attached hydrogens (tertiary/aromatic N) is 3. The van der Waals surface area contributed by atoms with Crippen molar-refractivity contribution in [2.24, 2.45) is 0 Å². The Morgan fingerprint density at radius 3 is 2.71 bits per heavy atom. The maximum Gasteiger partial charge on any atom is 0.255 e. The molecule has 0 radical (unpaired) electrons. The van der Waals surface area contributed by atoms with Crippen molar-refractivity contribution in [1.29, 1.82) is 0 Å². The fourth-order valence-corrected chi connectivity index (χ4v) is 5.15. The van der Waals surface area contributed by atoms with Crippen molar-refractivity contribution in [2.45, 2.75) is 38.4 Å². The zero-order chi connectivity index (χ0) is 24.9. The first kappa shape index (κ1) is 25.1. The summed E-state index contributed by atoms with van der Waals surface area (Å²) >= 11 is 5.21. The summed E-state index contributed by atoms with van der Waals surface area (Å²) < 4.78 is 13.9. The molecule has 10 heteroatoms. The van der Waals surface area contributed by atoms with Crippen molar-refractivity contribution in [2.75, 3.05) is 30.1 Å². The average molecular weight is 559 g/mol. The lowest BCUT2D eigenvalue weighted by molar-refractivity contribution is -0.113. The number of hydrogen-bond acceptors (Lipinski definition) is 7. The summed E-state index contributed by atoms with van der Waals surface area (Å²) in [4.78, 5) is 18.3. The van der Waals surface area contributed by atoms with Gasteiger partial charge in [-0.3, -0.25) is 4.79 Å². The number of hydrogen-bond donors (Lipinski definition) is 2. The number of carbonyl (C=O) groups is 1. The Morgan fingerprint density at radius 2 is 2.03 bits per heavy atom. The predicted molar refractivity (Wildman–Crippen MR) is 142 cm³/mol.